The molecule has 1 aromatic heterocycles. The van der Waals surface area contributed by atoms with Crippen molar-refractivity contribution in [2.45, 2.75) is 51.1 Å². The Labute approximate surface area is 154 Å². The highest BCUT2D eigenvalue weighted by atomic mass is 19.4. The number of nitrogens with zero attached hydrogens (tertiary/aromatic N) is 1. The molecule has 0 amide bonds. The van der Waals surface area contributed by atoms with Gasteiger partial charge in [-0.2, -0.15) is 13.2 Å². The third-order valence-corrected chi connectivity index (χ3v) is 5.19. The highest BCUT2D eigenvalue weighted by Crippen LogP contribution is 2.37. The van der Waals surface area contributed by atoms with E-state index in [1.165, 1.54) is 19.2 Å². The number of ether oxygens (including phenoxy) is 1. The predicted molar refractivity (Wildman–Crippen MR) is 93.2 cm³/mol. The fourth-order valence-corrected chi connectivity index (χ4v) is 3.70. The smallest absolute Gasteiger partial charge is 0.433 e. The number of hydrogen-bond donors (Lipinski definition) is 0. The van der Waals surface area contributed by atoms with Gasteiger partial charge in [0.1, 0.15) is 23.0 Å². The molecule has 0 spiro atoms. The summed E-state index contributed by atoms with van der Waals surface area (Å²) in [6.07, 6.45) is 0.284. The number of fused-ring (bicyclic) bond motifs is 1. The largest absolute Gasteiger partial charge is 0.496 e. The van der Waals surface area contributed by atoms with Crippen molar-refractivity contribution in [2.75, 3.05) is 7.11 Å². The van der Waals surface area contributed by atoms with Gasteiger partial charge in [-0.15, -0.1) is 0 Å². The molecule has 1 aliphatic rings. The average Bonchev–Trinajstić information content (AvgIpc) is 2.83. The molecule has 1 fully saturated rings. The summed E-state index contributed by atoms with van der Waals surface area (Å²) in [5, 5.41) is -0.0287. The first-order valence-corrected chi connectivity index (χ1v) is 9.04. The van der Waals surface area contributed by atoms with Crippen LogP contribution in [-0.4, -0.2) is 17.9 Å². The number of methoxy groups -OCH3 is 1. The number of carbonyl (C=O) groups excluding carboxylic acids is 1. The predicted octanol–water partition coefficient (Wildman–Crippen LogP) is 5.48. The van der Waals surface area contributed by atoms with E-state index in [0.717, 1.165) is 31.7 Å². The van der Waals surface area contributed by atoms with E-state index in [4.69, 9.17) is 4.74 Å². The molecule has 1 saturated carbocycles. The van der Waals surface area contributed by atoms with E-state index < -0.39 is 17.7 Å². The number of hydrogen-bond acceptors (Lipinski definition) is 3. The Hall–Kier alpha value is -2.18. The molecule has 1 unspecified atom stereocenters. The van der Waals surface area contributed by atoms with E-state index in [9.17, 15) is 22.4 Å². The SMILES string of the molecule is COc1cc(C(F)(F)F)nc2c(CCC3CCCC(=O)CC3)ccc(F)c12. The van der Waals surface area contributed by atoms with E-state index in [1.807, 2.05) is 0 Å². The van der Waals surface area contributed by atoms with Crippen molar-refractivity contribution in [1.82, 2.24) is 4.98 Å². The van der Waals surface area contributed by atoms with Crippen molar-refractivity contribution in [3.63, 3.8) is 0 Å². The molecule has 0 saturated heterocycles. The second kappa shape index (κ2) is 7.82. The summed E-state index contributed by atoms with van der Waals surface area (Å²) in [5.74, 6) is -0.228. The number of carbonyl (C=O) groups is 1. The molecular weight excluding hydrogens is 362 g/mol. The minimum absolute atomic E-state index is 0.00799. The number of aryl methyl sites for hydroxylation is 1. The monoisotopic (exact) mass is 383 g/mol. The van der Waals surface area contributed by atoms with Crippen LogP contribution in [0, 0.1) is 11.7 Å². The molecule has 2 aromatic rings. The maximum Gasteiger partial charge on any atom is 0.433 e. The van der Waals surface area contributed by atoms with Crippen molar-refractivity contribution in [1.29, 1.82) is 0 Å². The molecule has 0 bridgehead atoms. The van der Waals surface area contributed by atoms with Crippen LogP contribution in [0.5, 0.6) is 5.75 Å². The van der Waals surface area contributed by atoms with Crippen molar-refractivity contribution < 1.29 is 27.1 Å². The number of Topliss-reactive ketones (excluding diaryl/α,β-unsaturated/α-hetero) is 1. The molecule has 3 nitrogen and oxygen atoms in total. The Morgan fingerprint density at radius 1 is 1.22 bits per heavy atom. The molecular formula is C20H21F4NO2. The second-order valence-corrected chi connectivity index (χ2v) is 7.01. The van der Waals surface area contributed by atoms with Gasteiger partial charge in [0.25, 0.3) is 0 Å². The molecule has 0 aliphatic heterocycles. The van der Waals surface area contributed by atoms with E-state index in [0.29, 0.717) is 30.7 Å². The Morgan fingerprint density at radius 3 is 2.70 bits per heavy atom. The van der Waals surface area contributed by atoms with Gasteiger partial charge in [0, 0.05) is 18.9 Å². The first-order chi connectivity index (χ1) is 12.8. The van der Waals surface area contributed by atoms with E-state index in [1.54, 1.807) is 0 Å². The molecule has 3 rings (SSSR count). The zero-order valence-electron chi connectivity index (χ0n) is 15.0. The standard InChI is InChI=1S/C20H21F4NO2/c1-27-16-11-17(20(22,23)24)25-19-13(8-10-15(21)18(16)19)7-5-12-3-2-4-14(26)9-6-12/h8,10-12H,2-7,9H2,1H3. The maximum absolute atomic E-state index is 14.3. The number of halogens is 4. The number of benzene rings is 1. The van der Waals surface area contributed by atoms with Crippen LogP contribution in [0.15, 0.2) is 18.2 Å². The molecule has 1 heterocycles. The lowest BCUT2D eigenvalue weighted by Gasteiger charge is -2.16. The summed E-state index contributed by atoms with van der Waals surface area (Å²) in [4.78, 5) is 15.3. The van der Waals surface area contributed by atoms with Gasteiger partial charge in [-0.1, -0.05) is 12.5 Å². The van der Waals surface area contributed by atoms with Crippen LogP contribution in [0.4, 0.5) is 17.6 Å². The number of rotatable bonds is 4. The van der Waals surface area contributed by atoms with Crippen molar-refractivity contribution in [3.8, 4) is 5.75 Å². The minimum Gasteiger partial charge on any atom is -0.496 e. The summed E-state index contributed by atoms with van der Waals surface area (Å²) in [6.45, 7) is 0. The number of alkyl halides is 3. The van der Waals surface area contributed by atoms with Gasteiger partial charge >= 0.3 is 6.18 Å². The van der Waals surface area contributed by atoms with Crippen molar-refractivity contribution in [3.05, 3.63) is 35.3 Å². The summed E-state index contributed by atoms with van der Waals surface area (Å²) < 4.78 is 58.8. The van der Waals surface area contributed by atoms with Crippen LogP contribution < -0.4 is 4.74 Å². The lowest BCUT2D eigenvalue weighted by molar-refractivity contribution is -0.141. The Balaban J connectivity index is 1.95. The maximum atomic E-state index is 14.3. The van der Waals surface area contributed by atoms with Gasteiger partial charge in [0.05, 0.1) is 18.0 Å². The summed E-state index contributed by atoms with van der Waals surface area (Å²) in [5.41, 5.74) is -0.545. The molecule has 146 valence electrons. The lowest BCUT2D eigenvalue weighted by atomic mass is 9.92. The van der Waals surface area contributed by atoms with Crippen molar-refractivity contribution in [2.24, 2.45) is 5.92 Å². The lowest BCUT2D eigenvalue weighted by Crippen LogP contribution is -2.10. The number of ketones is 1. The van der Waals surface area contributed by atoms with Gasteiger partial charge in [0.15, 0.2) is 0 Å². The van der Waals surface area contributed by atoms with E-state index in [-0.39, 0.29) is 22.4 Å². The summed E-state index contributed by atoms with van der Waals surface area (Å²) in [6, 6.07) is 3.46. The zero-order chi connectivity index (χ0) is 19.6. The van der Waals surface area contributed by atoms with Crippen LogP contribution in [0.2, 0.25) is 0 Å². The number of aromatic nitrogens is 1. The first-order valence-electron chi connectivity index (χ1n) is 9.04. The Morgan fingerprint density at radius 2 is 2.00 bits per heavy atom. The van der Waals surface area contributed by atoms with Gasteiger partial charge < -0.3 is 4.74 Å². The molecule has 7 heteroatoms. The molecule has 1 aliphatic carbocycles. The highest BCUT2D eigenvalue weighted by molar-refractivity contribution is 5.88. The fourth-order valence-electron chi connectivity index (χ4n) is 3.70. The highest BCUT2D eigenvalue weighted by Gasteiger charge is 2.34. The number of pyridine rings is 1. The summed E-state index contributed by atoms with van der Waals surface area (Å²) in [7, 11) is 1.21. The zero-order valence-corrected chi connectivity index (χ0v) is 15.0. The molecule has 27 heavy (non-hydrogen) atoms. The van der Waals surface area contributed by atoms with E-state index >= 15 is 0 Å². The average molecular weight is 383 g/mol. The fraction of sp³-hybridized carbons (Fsp3) is 0.500. The Bertz CT molecular complexity index is 848. The van der Waals surface area contributed by atoms with Gasteiger partial charge in [0.2, 0.25) is 0 Å². The third kappa shape index (κ3) is 4.39. The molecule has 1 aromatic carbocycles. The topological polar surface area (TPSA) is 39.2 Å². The van der Waals surface area contributed by atoms with Crippen LogP contribution in [0.1, 0.15) is 49.8 Å². The summed E-state index contributed by atoms with van der Waals surface area (Å²) >= 11 is 0. The quantitative estimate of drug-likeness (QED) is 0.518. The van der Waals surface area contributed by atoms with Gasteiger partial charge in [-0.05, 0) is 43.2 Å². The van der Waals surface area contributed by atoms with E-state index in [2.05, 4.69) is 4.98 Å². The second-order valence-electron chi connectivity index (χ2n) is 7.01. The molecule has 0 radical (unpaired) electrons. The Kier molecular flexibility index (Phi) is 5.67. The third-order valence-electron chi connectivity index (χ3n) is 5.19. The first kappa shape index (κ1) is 19.6. The van der Waals surface area contributed by atoms with Crippen LogP contribution in [-0.2, 0) is 17.4 Å². The van der Waals surface area contributed by atoms with Gasteiger partial charge in [-0.3, -0.25) is 4.79 Å². The van der Waals surface area contributed by atoms with Gasteiger partial charge in [-0.25, -0.2) is 9.37 Å². The molecule has 1 atom stereocenters. The normalized spacial score (nSPS) is 18.6. The van der Waals surface area contributed by atoms with Crippen LogP contribution >= 0.6 is 0 Å². The minimum atomic E-state index is -4.65. The van der Waals surface area contributed by atoms with Crippen LogP contribution in [0.3, 0.4) is 0 Å². The van der Waals surface area contributed by atoms with Crippen molar-refractivity contribution >= 4 is 16.7 Å². The molecule has 0 N–H and O–H groups in total. The van der Waals surface area contributed by atoms with Crippen LogP contribution in [0.25, 0.3) is 10.9 Å².